The molecule has 17 heavy (non-hydrogen) atoms. The summed E-state index contributed by atoms with van der Waals surface area (Å²) in [6, 6.07) is 6.86. The lowest BCUT2D eigenvalue weighted by atomic mass is 10.2. The van der Waals surface area contributed by atoms with Gasteiger partial charge in [0.05, 0.1) is 18.8 Å². The van der Waals surface area contributed by atoms with Crippen LogP contribution >= 0.6 is 0 Å². The second-order valence-electron chi connectivity index (χ2n) is 3.68. The van der Waals surface area contributed by atoms with Gasteiger partial charge in [-0.3, -0.25) is 0 Å². The summed E-state index contributed by atoms with van der Waals surface area (Å²) >= 11 is 0. The molecule has 0 saturated heterocycles. The van der Waals surface area contributed by atoms with Crippen molar-refractivity contribution in [1.82, 2.24) is 14.8 Å². The van der Waals surface area contributed by atoms with E-state index in [1.807, 2.05) is 12.1 Å². The Morgan fingerprint density at radius 2 is 2.18 bits per heavy atom. The highest BCUT2D eigenvalue weighted by Crippen LogP contribution is 2.22. The Bertz CT molecular complexity index is 571. The van der Waals surface area contributed by atoms with E-state index >= 15 is 0 Å². The van der Waals surface area contributed by atoms with Gasteiger partial charge in [0.15, 0.2) is 5.82 Å². The van der Waals surface area contributed by atoms with E-state index in [0.717, 1.165) is 0 Å². The Kier molecular flexibility index (Phi) is 2.97. The second kappa shape index (κ2) is 4.42. The first-order valence-corrected chi connectivity index (χ1v) is 5.21. The van der Waals surface area contributed by atoms with Gasteiger partial charge in [0.1, 0.15) is 5.75 Å². The summed E-state index contributed by atoms with van der Waals surface area (Å²) in [5.74, 6) is 1.07. The minimum Gasteiger partial charge on any atom is -0.495 e. The van der Waals surface area contributed by atoms with E-state index < -0.39 is 0 Å². The summed E-state index contributed by atoms with van der Waals surface area (Å²) in [6.07, 6.45) is 0. The Balaban J connectivity index is 2.68. The lowest BCUT2D eigenvalue weighted by molar-refractivity contribution is 0.412. The highest BCUT2D eigenvalue weighted by molar-refractivity contribution is 5.47. The smallest absolute Gasteiger partial charge is 0.348 e. The van der Waals surface area contributed by atoms with Crippen molar-refractivity contribution < 1.29 is 4.74 Å². The summed E-state index contributed by atoms with van der Waals surface area (Å²) in [5.41, 5.74) is 6.07. The van der Waals surface area contributed by atoms with Crippen molar-refractivity contribution in [1.29, 1.82) is 0 Å². The fourth-order valence-corrected chi connectivity index (χ4v) is 1.66. The van der Waals surface area contributed by atoms with Crippen molar-refractivity contribution in [2.75, 3.05) is 7.11 Å². The number of ether oxygens (including phenoxy) is 1. The Hall–Kier alpha value is -2.08. The highest BCUT2D eigenvalue weighted by Gasteiger charge is 2.16. The normalized spacial score (nSPS) is 12.4. The molecule has 0 spiro atoms. The standard InChI is InChI=1S/C11H14N4O2/c1-7(12)10-13-14-11(16)15(10)8-5-3-4-6-9(8)17-2/h3-7H,12H2,1-2H3,(H,14,16). The molecule has 0 amide bonds. The molecule has 0 bridgehead atoms. The van der Waals surface area contributed by atoms with Crippen LogP contribution in [0.1, 0.15) is 18.8 Å². The summed E-state index contributed by atoms with van der Waals surface area (Å²) in [6.45, 7) is 1.77. The van der Waals surface area contributed by atoms with Gasteiger partial charge in [-0.25, -0.2) is 14.5 Å². The lowest BCUT2D eigenvalue weighted by Gasteiger charge is -2.11. The molecule has 1 aromatic heterocycles. The number of nitrogens with zero attached hydrogens (tertiary/aromatic N) is 2. The van der Waals surface area contributed by atoms with Crippen molar-refractivity contribution in [3.05, 3.63) is 40.6 Å². The quantitative estimate of drug-likeness (QED) is 0.813. The predicted molar refractivity (Wildman–Crippen MR) is 63.3 cm³/mol. The average Bonchev–Trinajstić information content (AvgIpc) is 2.71. The zero-order valence-corrected chi connectivity index (χ0v) is 9.68. The molecule has 0 aliphatic carbocycles. The van der Waals surface area contributed by atoms with E-state index in [1.54, 1.807) is 26.2 Å². The molecule has 0 radical (unpaired) electrons. The number of benzene rings is 1. The van der Waals surface area contributed by atoms with Crippen LogP contribution in [0.4, 0.5) is 0 Å². The minimum absolute atomic E-state index is 0.332. The minimum atomic E-state index is -0.348. The SMILES string of the molecule is COc1ccccc1-n1c(C(C)N)n[nH]c1=O. The molecule has 0 saturated carbocycles. The number of hydrogen-bond donors (Lipinski definition) is 2. The molecule has 2 aromatic rings. The number of nitrogens with two attached hydrogens (primary N) is 1. The number of methoxy groups -OCH3 is 1. The van der Waals surface area contributed by atoms with Gasteiger partial charge in [0, 0.05) is 0 Å². The van der Waals surface area contributed by atoms with Crippen LogP contribution < -0.4 is 16.2 Å². The third-order valence-corrected chi connectivity index (χ3v) is 2.43. The molecule has 6 nitrogen and oxygen atoms in total. The monoisotopic (exact) mass is 234 g/mol. The Morgan fingerprint density at radius 1 is 1.47 bits per heavy atom. The van der Waals surface area contributed by atoms with E-state index in [4.69, 9.17) is 10.5 Å². The molecular weight excluding hydrogens is 220 g/mol. The van der Waals surface area contributed by atoms with E-state index in [1.165, 1.54) is 4.57 Å². The van der Waals surface area contributed by atoms with E-state index in [-0.39, 0.29) is 11.7 Å². The third kappa shape index (κ3) is 1.94. The molecule has 0 aliphatic rings. The molecule has 1 aromatic carbocycles. The van der Waals surface area contributed by atoms with Crippen molar-refractivity contribution >= 4 is 0 Å². The number of para-hydroxylation sites is 2. The maximum absolute atomic E-state index is 11.7. The van der Waals surface area contributed by atoms with Crippen molar-refractivity contribution in [3.8, 4) is 11.4 Å². The molecule has 1 unspecified atom stereocenters. The summed E-state index contributed by atoms with van der Waals surface area (Å²) < 4.78 is 6.64. The van der Waals surface area contributed by atoms with Gasteiger partial charge in [-0.05, 0) is 19.1 Å². The zero-order chi connectivity index (χ0) is 12.4. The number of H-pyrrole nitrogens is 1. The molecule has 0 fully saturated rings. The van der Waals surface area contributed by atoms with Crippen LogP contribution in [-0.4, -0.2) is 21.9 Å². The molecule has 1 atom stereocenters. The van der Waals surface area contributed by atoms with Crippen LogP contribution in [0.3, 0.4) is 0 Å². The van der Waals surface area contributed by atoms with Gasteiger partial charge in [-0.15, -0.1) is 0 Å². The first-order valence-electron chi connectivity index (χ1n) is 5.21. The second-order valence-corrected chi connectivity index (χ2v) is 3.68. The zero-order valence-electron chi connectivity index (χ0n) is 9.68. The molecule has 3 N–H and O–H groups in total. The molecule has 1 heterocycles. The number of hydrogen-bond acceptors (Lipinski definition) is 4. The maximum Gasteiger partial charge on any atom is 0.348 e. The van der Waals surface area contributed by atoms with Gasteiger partial charge in [0.25, 0.3) is 0 Å². The number of rotatable bonds is 3. The van der Waals surface area contributed by atoms with Gasteiger partial charge >= 0.3 is 5.69 Å². The number of aromatic nitrogens is 3. The molecule has 2 rings (SSSR count). The first-order chi connectivity index (χ1) is 8.15. The number of nitrogens with one attached hydrogen (secondary N) is 1. The van der Waals surface area contributed by atoms with Crippen LogP contribution in [0, 0.1) is 0 Å². The highest BCUT2D eigenvalue weighted by atomic mass is 16.5. The third-order valence-electron chi connectivity index (χ3n) is 2.43. The Morgan fingerprint density at radius 3 is 2.82 bits per heavy atom. The topological polar surface area (TPSA) is 85.9 Å². The van der Waals surface area contributed by atoms with Crippen molar-refractivity contribution in [2.45, 2.75) is 13.0 Å². The molecular formula is C11H14N4O2. The van der Waals surface area contributed by atoms with Crippen molar-refractivity contribution in [3.63, 3.8) is 0 Å². The average molecular weight is 234 g/mol. The summed E-state index contributed by atoms with van der Waals surface area (Å²) in [7, 11) is 1.55. The van der Waals surface area contributed by atoms with Gasteiger partial charge in [0.2, 0.25) is 0 Å². The predicted octanol–water partition coefficient (Wildman–Crippen LogP) is 0.589. The Labute approximate surface area is 98.0 Å². The maximum atomic E-state index is 11.7. The van der Waals surface area contributed by atoms with Crippen LogP contribution in [0.5, 0.6) is 5.75 Å². The van der Waals surface area contributed by atoms with Gasteiger partial charge < -0.3 is 10.5 Å². The number of aromatic amines is 1. The largest absolute Gasteiger partial charge is 0.495 e. The summed E-state index contributed by atoms with van der Waals surface area (Å²) in [5, 5.41) is 6.30. The van der Waals surface area contributed by atoms with Crippen molar-refractivity contribution in [2.24, 2.45) is 5.73 Å². The van der Waals surface area contributed by atoms with Gasteiger partial charge in [-0.2, -0.15) is 5.10 Å². The fourth-order valence-electron chi connectivity index (χ4n) is 1.66. The summed E-state index contributed by atoms with van der Waals surface area (Å²) in [4.78, 5) is 11.7. The van der Waals surface area contributed by atoms with E-state index in [9.17, 15) is 4.79 Å². The van der Waals surface area contributed by atoms with E-state index in [0.29, 0.717) is 17.3 Å². The molecule has 90 valence electrons. The molecule has 0 aliphatic heterocycles. The van der Waals surface area contributed by atoms with Crippen LogP contribution in [-0.2, 0) is 0 Å². The van der Waals surface area contributed by atoms with Crippen LogP contribution in [0.2, 0.25) is 0 Å². The van der Waals surface area contributed by atoms with Gasteiger partial charge in [-0.1, -0.05) is 12.1 Å². The fraction of sp³-hybridized carbons (Fsp3) is 0.273. The van der Waals surface area contributed by atoms with Crippen LogP contribution in [0.25, 0.3) is 5.69 Å². The molecule has 6 heteroatoms. The first kappa shape index (κ1) is 11.4. The van der Waals surface area contributed by atoms with Crippen LogP contribution in [0.15, 0.2) is 29.1 Å². The lowest BCUT2D eigenvalue weighted by Crippen LogP contribution is -2.21. The van der Waals surface area contributed by atoms with E-state index in [2.05, 4.69) is 10.2 Å².